The maximum Gasteiger partial charge on any atom is 0.335 e. The van der Waals surface area contributed by atoms with E-state index in [9.17, 15) is 19.2 Å². The number of carbonyl (C=O) groups is 4. The van der Waals surface area contributed by atoms with Gasteiger partial charge in [-0.25, -0.2) is 9.59 Å². The fraction of sp³-hybridized carbons (Fsp3) is 0.278. The lowest BCUT2D eigenvalue weighted by Crippen LogP contribution is -2.52. The van der Waals surface area contributed by atoms with Crippen molar-refractivity contribution in [2.45, 2.75) is 24.9 Å². The average molecular weight is 392 g/mol. The molecule has 0 saturated carbocycles. The molecule has 0 aliphatic carbocycles. The van der Waals surface area contributed by atoms with Gasteiger partial charge in [-0.2, -0.15) is 12.6 Å². The minimum absolute atomic E-state index is 0.000207. The predicted molar refractivity (Wildman–Crippen MR) is 101 cm³/mol. The van der Waals surface area contributed by atoms with E-state index in [2.05, 4.69) is 35.6 Å². The van der Waals surface area contributed by atoms with Crippen molar-refractivity contribution in [2.24, 2.45) is 0 Å². The van der Waals surface area contributed by atoms with Gasteiger partial charge in [0, 0.05) is 12.2 Å². The fourth-order valence-electron chi connectivity index (χ4n) is 2.13. The van der Waals surface area contributed by atoms with Crippen LogP contribution in [0.5, 0.6) is 0 Å². The van der Waals surface area contributed by atoms with Crippen molar-refractivity contribution in [3.8, 4) is 0 Å². The van der Waals surface area contributed by atoms with Crippen LogP contribution in [0.3, 0.4) is 0 Å². The lowest BCUT2D eigenvalue weighted by Gasteiger charge is -2.19. The number of aliphatic carboxylic acids is 1. The van der Waals surface area contributed by atoms with Crippen LogP contribution in [0.4, 0.5) is 0 Å². The highest BCUT2D eigenvalue weighted by Gasteiger charge is 2.25. The number of amides is 2. The Kier molecular flexibility index (Phi) is 8.84. The first kappa shape index (κ1) is 22.0. The minimum atomic E-state index is -1.23. The summed E-state index contributed by atoms with van der Waals surface area (Å²) in [7, 11) is 0. The molecule has 0 aromatic heterocycles. The smallest absolute Gasteiger partial charge is 0.335 e. The zero-order valence-electron chi connectivity index (χ0n) is 14.3. The summed E-state index contributed by atoms with van der Waals surface area (Å²) in [6, 6.07) is 3.64. The molecule has 2 amide bonds. The highest BCUT2D eigenvalue weighted by atomic mass is 32.1. The molecule has 1 aromatic carbocycles. The summed E-state index contributed by atoms with van der Waals surface area (Å²) in [5.74, 6) is -3.61. The number of hydrogen-bond acceptors (Lipinski definition) is 5. The van der Waals surface area contributed by atoms with Gasteiger partial charge < -0.3 is 20.8 Å². The molecule has 0 unspecified atom stereocenters. The summed E-state index contributed by atoms with van der Waals surface area (Å²) in [5.41, 5.74) is 2.93. The summed E-state index contributed by atoms with van der Waals surface area (Å²) in [4.78, 5) is 46.5. The van der Waals surface area contributed by atoms with Crippen LogP contribution in [0, 0.1) is 0 Å². The van der Waals surface area contributed by atoms with E-state index in [0.29, 0.717) is 5.56 Å². The highest BCUT2D eigenvalue weighted by Crippen LogP contribution is 2.06. The van der Waals surface area contributed by atoms with E-state index in [0.717, 1.165) is 0 Å². The number of thiol groups is 1. The van der Waals surface area contributed by atoms with Crippen LogP contribution in [0.1, 0.15) is 22.3 Å². The van der Waals surface area contributed by atoms with Crippen LogP contribution < -0.4 is 10.6 Å². The van der Waals surface area contributed by atoms with Crippen LogP contribution in [-0.2, 0) is 20.8 Å². The number of carboxylic acids is 2. The molecule has 1 rings (SSSR count). The molecule has 0 radical (unpaired) electrons. The van der Waals surface area contributed by atoms with Crippen molar-refractivity contribution in [3.63, 3.8) is 0 Å². The minimum Gasteiger partial charge on any atom is -0.480 e. The van der Waals surface area contributed by atoms with Gasteiger partial charge in [-0.1, -0.05) is 18.7 Å². The molecule has 4 N–H and O–H groups in total. The van der Waals surface area contributed by atoms with Gasteiger partial charge in [0.15, 0.2) is 0 Å². The molecule has 0 spiro atoms. The highest BCUT2D eigenvalue weighted by molar-refractivity contribution is 7.80. The first-order valence-corrected chi connectivity index (χ1v) is 8.51. The zero-order valence-corrected chi connectivity index (χ0v) is 15.2. The normalized spacial score (nSPS) is 12.2. The second-order valence-electron chi connectivity index (χ2n) is 5.53. The van der Waals surface area contributed by atoms with Crippen LogP contribution in [0.25, 0.3) is 0 Å². The maximum absolute atomic E-state index is 12.2. The third kappa shape index (κ3) is 7.39. The lowest BCUT2D eigenvalue weighted by atomic mass is 10.1. The molecule has 1 aromatic rings. The number of rotatable bonds is 10. The maximum atomic E-state index is 12.2. The molecule has 0 bridgehead atoms. The van der Waals surface area contributed by atoms with Gasteiger partial charge in [-0.05, 0) is 23.8 Å². The van der Waals surface area contributed by atoms with Gasteiger partial charge in [-0.3, -0.25) is 9.59 Å². The molecule has 0 saturated heterocycles. The van der Waals surface area contributed by atoms with Crippen LogP contribution in [-0.4, -0.2) is 51.8 Å². The summed E-state index contributed by atoms with van der Waals surface area (Å²) in [6.45, 7) is 3.33. The standard InChI is InChI=1S/C18H20N2O6S/c1-2-3-7-13(18(25)26)20-16(22)14(10-27)19-15(21)9-11-5-4-6-12(8-11)17(23)24/h3-6,8,13-14,27H,1,7,9-10H2,(H,19,21)(H,20,22)(H,23,24)(H,25,26)/t13-,14+/m1/s1. The monoisotopic (exact) mass is 392 g/mol. The number of carboxylic acid groups (broad SMARTS) is 2. The van der Waals surface area contributed by atoms with E-state index in [4.69, 9.17) is 10.2 Å². The van der Waals surface area contributed by atoms with E-state index in [1.807, 2.05) is 0 Å². The Morgan fingerprint density at radius 1 is 1.19 bits per heavy atom. The van der Waals surface area contributed by atoms with Crippen molar-refractivity contribution in [3.05, 3.63) is 53.8 Å². The van der Waals surface area contributed by atoms with Gasteiger partial charge in [0.1, 0.15) is 12.1 Å². The summed E-state index contributed by atoms with van der Waals surface area (Å²) in [5, 5.41) is 22.9. The van der Waals surface area contributed by atoms with Gasteiger partial charge in [-0.15, -0.1) is 5.73 Å². The number of aromatic carboxylic acids is 1. The molecule has 0 aliphatic rings. The number of benzene rings is 1. The second-order valence-corrected chi connectivity index (χ2v) is 5.89. The number of nitrogens with one attached hydrogen (secondary N) is 2. The third-order valence-electron chi connectivity index (χ3n) is 3.49. The molecule has 0 aliphatic heterocycles. The van der Waals surface area contributed by atoms with Crippen molar-refractivity contribution < 1.29 is 29.4 Å². The first-order chi connectivity index (χ1) is 12.8. The SMILES string of the molecule is C=C=CC[C@@H](NC(=O)[C@H](CS)NC(=O)Cc1cccc(C(=O)O)c1)C(=O)O. The average Bonchev–Trinajstić information content (AvgIpc) is 2.62. The molecule has 0 fully saturated rings. The zero-order chi connectivity index (χ0) is 20.4. The molecule has 27 heavy (non-hydrogen) atoms. The first-order valence-electron chi connectivity index (χ1n) is 7.88. The van der Waals surface area contributed by atoms with Crippen LogP contribution in [0.2, 0.25) is 0 Å². The third-order valence-corrected chi connectivity index (χ3v) is 3.85. The van der Waals surface area contributed by atoms with E-state index in [1.165, 1.54) is 24.3 Å². The van der Waals surface area contributed by atoms with Gasteiger partial charge in [0.2, 0.25) is 11.8 Å². The molecule has 0 heterocycles. The molecule has 144 valence electrons. The molecule has 8 nitrogen and oxygen atoms in total. The largest absolute Gasteiger partial charge is 0.480 e. The Balaban J connectivity index is 2.73. The van der Waals surface area contributed by atoms with E-state index in [1.54, 1.807) is 6.07 Å². The van der Waals surface area contributed by atoms with Gasteiger partial charge in [0.25, 0.3) is 0 Å². The Morgan fingerprint density at radius 3 is 2.44 bits per heavy atom. The van der Waals surface area contributed by atoms with Crippen molar-refractivity contribution in [2.75, 3.05) is 5.75 Å². The summed E-state index contributed by atoms with van der Waals surface area (Å²) >= 11 is 4.01. The van der Waals surface area contributed by atoms with Crippen molar-refractivity contribution in [1.82, 2.24) is 10.6 Å². The predicted octanol–water partition coefficient (Wildman–Crippen LogP) is 0.642. The molecule has 9 heteroatoms. The summed E-state index contributed by atoms with van der Waals surface area (Å²) < 4.78 is 0. The molecular formula is C18H20N2O6S. The van der Waals surface area contributed by atoms with E-state index < -0.39 is 35.8 Å². The Morgan fingerprint density at radius 2 is 1.89 bits per heavy atom. The van der Waals surface area contributed by atoms with Crippen molar-refractivity contribution in [1.29, 1.82) is 0 Å². The topological polar surface area (TPSA) is 133 Å². The number of hydrogen-bond donors (Lipinski definition) is 5. The Labute approximate surface area is 161 Å². The van der Waals surface area contributed by atoms with E-state index >= 15 is 0 Å². The van der Waals surface area contributed by atoms with Crippen LogP contribution in [0.15, 0.2) is 42.7 Å². The second kappa shape index (κ2) is 10.8. The molecular weight excluding hydrogens is 372 g/mol. The van der Waals surface area contributed by atoms with Gasteiger partial charge in [0.05, 0.1) is 12.0 Å². The number of carbonyl (C=O) groups excluding carboxylic acids is 2. The van der Waals surface area contributed by atoms with Crippen molar-refractivity contribution >= 4 is 36.4 Å². The Bertz CT molecular complexity index is 773. The summed E-state index contributed by atoms with van der Waals surface area (Å²) in [6.07, 6.45) is 1.24. The Hall–Kier alpha value is -3.03. The van der Waals surface area contributed by atoms with Crippen LogP contribution >= 0.6 is 12.6 Å². The lowest BCUT2D eigenvalue weighted by molar-refractivity contribution is -0.142. The fourth-order valence-corrected chi connectivity index (χ4v) is 2.39. The van der Waals surface area contributed by atoms with E-state index in [-0.39, 0.29) is 24.2 Å². The quantitative estimate of drug-likeness (QED) is 0.293. The molecule has 2 atom stereocenters. The van der Waals surface area contributed by atoms with Gasteiger partial charge >= 0.3 is 11.9 Å².